The van der Waals surface area contributed by atoms with E-state index in [2.05, 4.69) is 5.32 Å². The van der Waals surface area contributed by atoms with Crippen LogP contribution in [0.5, 0.6) is 5.75 Å². The number of carbonyl (C=O) groups excluding carboxylic acids is 1. The molecule has 1 atom stereocenters. The van der Waals surface area contributed by atoms with E-state index in [4.69, 9.17) is 10.00 Å². The lowest BCUT2D eigenvalue weighted by Crippen LogP contribution is -2.42. The molecule has 2 aromatic rings. The van der Waals surface area contributed by atoms with Gasteiger partial charge in [0.1, 0.15) is 5.75 Å². The summed E-state index contributed by atoms with van der Waals surface area (Å²) in [6, 6.07) is 15.9. The van der Waals surface area contributed by atoms with E-state index in [0.29, 0.717) is 17.5 Å². The van der Waals surface area contributed by atoms with E-state index < -0.39 is 5.60 Å². The van der Waals surface area contributed by atoms with Crippen LogP contribution < -0.4 is 10.1 Å². The Hall–Kier alpha value is -2.84. The fourth-order valence-electron chi connectivity index (χ4n) is 2.35. The van der Waals surface area contributed by atoms with Gasteiger partial charge in [-0.25, -0.2) is 0 Å². The second-order valence-electron chi connectivity index (χ2n) is 5.90. The maximum atomic E-state index is 12.1. The highest BCUT2D eigenvalue weighted by Gasteiger charge is 2.22. The first-order valence-corrected chi connectivity index (χ1v) is 7.57. The normalized spacial score (nSPS) is 12.8. The summed E-state index contributed by atoms with van der Waals surface area (Å²) < 4.78 is 5.10. The van der Waals surface area contributed by atoms with Crippen LogP contribution in [0.4, 0.5) is 0 Å². The maximum Gasteiger partial charge on any atom is 0.251 e. The van der Waals surface area contributed by atoms with Gasteiger partial charge in [-0.3, -0.25) is 4.79 Å². The number of rotatable bonds is 6. The van der Waals surface area contributed by atoms with Gasteiger partial charge in [0.2, 0.25) is 0 Å². The van der Waals surface area contributed by atoms with Gasteiger partial charge in [-0.05, 0) is 42.8 Å². The van der Waals surface area contributed by atoms with E-state index in [1.54, 1.807) is 32.2 Å². The van der Waals surface area contributed by atoms with Gasteiger partial charge in [-0.1, -0.05) is 18.2 Å². The monoisotopic (exact) mass is 324 g/mol. The Balaban J connectivity index is 1.95. The second-order valence-corrected chi connectivity index (χ2v) is 5.90. The molecule has 0 saturated heterocycles. The van der Waals surface area contributed by atoms with Crippen LogP contribution in [0.2, 0.25) is 0 Å². The molecule has 0 radical (unpaired) electrons. The summed E-state index contributed by atoms with van der Waals surface area (Å²) in [5.74, 6) is 0.436. The number of aliphatic hydroxyl groups is 1. The van der Waals surface area contributed by atoms with Gasteiger partial charge < -0.3 is 15.2 Å². The van der Waals surface area contributed by atoms with Gasteiger partial charge in [0, 0.05) is 18.5 Å². The van der Waals surface area contributed by atoms with Crippen LogP contribution in [0.1, 0.15) is 28.4 Å². The van der Waals surface area contributed by atoms with Crippen molar-refractivity contribution in [2.75, 3.05) is 13.7 Å². The first-order chi connectivity index (χ1) is 11.4. The molecule has 124 valence electrons. The zero-order valence-electron chi connectivity index (χ0n) is 13.7. The van der Waals surface area contributed by atoms with Gasteiger partial charge in [0.25, 0.3) is 5.91 Å². The Morgan fingerprint density at radius 2 is 2.00 bits per heavy atom. The van der Waals surface area contributed by atoms with Crippen LogP contribution in [0.15, 0.2) is 48.5 Å². The van der Waals surface area contributed by atoms with Crippen molar-refractivity contribution >= 4 is 5.91 Å². The molecule has 24 heavy (non-hydrogen) atoms. The van der Waals surface area contributed by atoms with Crippen molar-refractivity contribution in [1.29, 1.82) is 5.26 Å². The summed E-state index contributed by atoms with van der Waals surface area (Å²) in [4.78, 5) is 12.1. The Morgan fingerprint density at radius 3 is 2.62 bits per heavy atom. The van der Waals surface area contributed by atoms with Crippen molar-refractivity contribution in [2.45, 2.75) is 18.9 Å². The number of nitrogens with one attached hydrogen (secondary N) is 1. The predicted molar refractivity (Wildman–Crippen MR) is 90.8 cm³/mol. The average molecular weight is 324 g/mol. The van der Waals surface area contributed by atoms with E-state index in [9.17, 15) is 9.90 Å². The molecule has 0 unspecified atom stereocenters. The summed E-state index contributed by atoms with van der Waals surface area (Å²) in [5.41, 5.74) is 0.681. The van der Waals surface area contributed by atoms with E-state index in [1.807, 2.05) is 30.3 Å². The first kappa shape index (κ1) is 17.5. The summed E-state index contributed by atoms with van der Waals surface area (Å²) >= 11 is 0. The predicted octanol–water partition coefficient (Wildman–Crippen LogP) is 2.29. The van der Waals surface area contributed by atoms with Crippen LogP contribution in [0, 0.1) is 11.3 Å². The molecule has 1 amide bonds. The molecule has 0 spiro atoms. The number of amides is 1. The minimum atomic E-state index is -1.09. The molecular weight excluding hydrogens is 304 g/mol. The standard InChI is InChI=1S/C19H20N2O3/c1-19(23,11-14-6-8-17(24-2)9-7-14)13-21-18(22)16-5-3-4-15(10-16)12-20/h3-10,23H,11,13H2,1-2H3,(H,21,22)/t19-/m1/s1. The fourth-order valence-corrected chi connectivity index (χ4v) is 2.35. The Morgan fingerprint density at radius 1 is 1.29 bits per heavy atom. The van der Waals surface area contributed by atoms with E-state index >= 15 is 0 Å². The van der Waals surface area contributed by atoms with E-state index in [-0.39, 0.29) is 12.5 Å². The number of ether oxygens (including phenoxy) is 1. The van der Waals surface area contributed by atoms with Crippen LogP contribution in [-0.4, -0.2) is 30.3 Å². The van der Waals surface area contributed by atoms with Gasteiger partial charge in [0.15, 0.2) is 0 Å². The molecule has 0 aliphatic rings. The van der Waals surface area contributed by atoms with Gasteiger partial charge in [0.05, 0.1) is 24.3 Å². The van der Waals surface area contributed by atoms with Crippen molar-refractivity contribution in [3.63, 3.8) is 0 Å². The highest BCUT2D eigenvalue weighted by Crippen LogP contribution is 2.17. The smallest absolute Gasteiger partial charge is 0.251 e. The third kappa shape index (κ3) is 4.83. The number of nitrogens with zero attached hydrogens (tertiary/aromatic N) is 1. The minimum Gasteiger partial charge on any atom is -0.497 e. The quantitative estimate of drug-likeness (QED) is 0.854. The zero-order chi connectivity index (χ0) is 17.6. The van der Waals surface area contributed by atoms with E-state index in [1.165, 1.54) is 6.07 Å². The van der Waals surface area contributed by atoms with Crippen molar-refractivity contribution in [1.82, 2.24) is 5.32 Å². The average Bonchev–Trinajstić information content (AvgIpc) is 2.60. The Kier molecular flexibility index (Phi) is 5.56. The topological polar surface area (TPSA) is 82.3 Å². The third-order valence-corrected chi connectivity index (χ3v) is 3.63. The molecule has 0 aromatic heterocycles. The second kappa shape index (κ2) is 7.62. The van der Waals surface area contributed by atoms with Crippen molar-refractivity contribution in [2.24, 2.45) is 0 Å². The van der Waals surface area contributed by atoms with E-state index in [0.717, 1.165) is 11.3 Å². The largest absolute Gasteiger partial charge is 0.497 e. The third-order valence-electron chi connectivity index (χ3n) is 3.63. The lowest BCUT2D eigenvalue weighted by atomic mass is 9.96. The number of nitriles is 1. The molecule has 2 aromatic carbocycles. The molecule has 0 fully saturated rings. The summed E-state index contributed by atoms with van der Waals surface area (Å²) in [5, 5.41) is 22.1. The SMILES string of the molecule is COc1ccc(C[C@@](C)(O)CNC(=O)c2cccc(C#N)c2)cc1. The molecule has 5 heteroatoms. The molecule has 0 saturated carbocycles. The van der Waals surface area contributed by atoms with Gasteiger partial charge in [-0.2, -0.15) is 5.26 Å². The van der Waals surface area contributed by atoms with Crippen LogP contribution >= 0.6 is 0 Å². The van der Waals surface area contributed by atoms with Crippen molar-refractivity contribution in [3.05, 3.63) is 65.2 Å². The van der Waals surface area contributed by atoms with Crippen LogP contribution in [-0.2, 0) is 6.42 Å². The Bertz CT molecular complexity index is 746. The zero-order valence-corrected chi connectivity index (χ0v) is 13.7. The lowest BCUT2D eigenvalue weighted by Gasteiger charge is -2.24. The summed E-state index contributed by atoms with van der Waals surface area (Å²) in [6.07, 6.45) is 0.398. The van der Waals surface area contributed by atoms with Crippen LogP contribution in [0.25, 0.3) is 0 Å². The molecule has 0 heterocycles. The number of carbonyl (C=O) groups is 1. The highest BCUT2D eigenvalue weighted by atomic mass is 16.5. The summed E-state index contributed by atoms with van der Waals surface area (Å²) in [7, 11) is 1.60. The molecule has 0 aliphatic heterocycles. The number of benzene rings is 2. The molecule has 2 N–H and O–H groups in total. The molecule has 2 rings (SSSR count). The van der Waals surface area contributed by atoms with Gasteiger partial charge in [-0.15, -0.1) is 0 Å². The van der Waals surface area contributed by atoms with Crippen molar-refractivity contribution < 1.29 is 14.6 Å². The number of hydrogen-bond acceptors (Lipinski definition) is 4. The minimum absolute atomic E-state index is 0.106. The number of methoxy groups -OCH3 is 1. The highest BCUT2D eigenvalue weighted by molar-refractivity contribution is 5.94. The lowest BCUT2D eigenvalue weighted by molar-refractivity contribution is 0.0552. The Labute approximate surface area is 141 Å². The van der Waals surface area contributed by atoms with Gasteiger partial charge >= 0.3 is 0 Å². The molecule has 5 nitrogen and oxygen atoms in total. The fraction of sp³-hybridized carbons (Fsp3) is 0.263. The number of hydrogen-bond donors (Lipinski definition) is 2. The maximum absolute atomic E-state index is 12.1. The molecule has 0 bridgehead atoms. The van der Waals surface area contributed by atoms with Crippen molar-refractivity contribution in [3.8, 4) is 11.8 Å². The molecular formula is C19H20N2O3. The van der Waals surface area contributed by atoms with Crippen LogP contribution in [0.3, 0.4) is 0 Å². The summed E-state index contributed by atoms with van der Waals surface area (Å²) in [6.45, 7) is 1.78. The molecule has 0 aliphatic carbocycles. The first-order valence-electron chi connectivity index (χ1n) is 7.57.